The third kappa shape index (κ3) is 8.60. The van der Waals surface area contributed by atoms with Gasteiger partial charge in [-0.05, 0) is 104 Å². The SMILES string of the molecule is CC/C(=C\N=C(/C)[C@@H]1CC(F)(F)CN1C(=O)[C@@H](N)C(C)C)c1ccc2c(c1)c(F)c1n2COc2cc(/C(C)=C/N=C(\CC)[C@@H]3C[C@H]4C[C@H]4N3CC(NCO)C(C)C)ccc2-1. The first-order valence-electron chi connectivity index (χ1n) is 21.7. The zero-order chi connectivity index (χ0) is 43.2. The number of nitrogens with two attached hydrogens (primary N) is 1. The van der Waals surface area contributed by atoms with Crippen LogP contribution in [0.4, 0.5) is 13.2 Å². The molecular formula is C47H62F3N7O3. The van der Waals surface area contributed by atoms with Crippen molar-refractivity contribution in [1.82, 2.24) is 19.7 Å². The normalized spacial score (nSPS) is 24.2. The molecule has 4 heterocycles. The predicted octanol–water partition coefficient (Wildman–Crippen LogP) is 8.47. The largest absolute Gasteiger partial charge is 0.472 e. The Hall–Kier alpha value is -4.30. The van der Waals surface area contributed by atoms with E-state index in [0.717, 1.165) is 47.6 Å². The van der Waals surface area contributed by atoms with Crippen LogP contribution in [-0.4, -0.2) is 92.8 Å². The number of alkyl halides is 2. The summed E-state index contributed by atoms with van der Waals surface area (Å²) in [6.45, 7) is 16.1. The zero-order valence-corrected chi connectivity index (χ0v) is 36.3. The Morgan fingerprint density at radius 2 is 1.77 bits per heavy atom. The number of allylic oxidation sites excluding steroid dienone is 2. The van der Waals surface area contributed by atoms with Crippen molar-refractivity contribution < 1.29 is 27.8 Å². The molecule has 1 saturated carbocycles. The molecule has 7 rings (SSSR count). The Labute approximate surface area is 352 Å². The summed E-state index contributed by atoms with van der Waals surface area (Å²) < 4.78 is 53.9. The van der Waals surface area contributed by atoms with Gasteiger partial charge in [0.2, 0.25) is 5.91 Å². The number of aliphatic hydroxyl groups excluding tert-OH is 1. The van der Waals surface area contributed by atoms with Crippen LogP contribution in [0, 0.1) is 23.6 Å². The monoisotopic (exact) mass is 829 g/mol. The van der Waals surface area contributed by atoms with Crippen LogP contribution in [-0.2, 0) is 11.5 Å². The molecule has 6 atom stereocenters. The Kier molecular flexibility index (Phi) is 12.8. The number of hydrogen-bond donors (Lipinski definition) is 3. The molecule has 2 saturated heterocycles. The fourth-order valence-corrected chi connectivity index (χ4v) is 9.32. The number of piperidine rings is 1. The van der Waals surface area contributed by atoms with Crippen LogP contribution >= 0.6 is 0 Å². The number of nitrogens with zero attached hydrogens (tertiary/aromatic N) is 5. The Morgan fingerprint density at radius 1 is 1.02 bits per heavy atom. The summed E-state index contributed by atoms with van der Waals surface area (Å²) in [4.78, 5) is 26.5. The number of carbonyl (C=O) groups is 1. The van der Waals surface area contributed by atoms with Crippen LogP contribution in [0.3, 0.4) is 0 Å². The highest BCUT2D eigenvalue weighted by atomic mass is 19.3. The third-order valence-corrected chi connectivity index (χ3v) is 13.2. The van der Waals surface area contributed by atoms with Crippen LogP contribution in [0.25, 0.3) is 33.3 Å². The molecule has 324 valence electrons. The molecule has 3 aliphatic heterocycles. The average Bonchev–Trinajstić information content (AvgIpc) is 3.67. The molecule has 0 spiro atoms. The van der Waals surface area contributed by atoms with E-state index in [2.05, 4.69) is 36.0 Å². The lowest BCUT2D eigenvalue weighted by molar-refractivity contribution is -0.134. The lowest BCUT2D eigenvalue weighted by Gasteiger charge is -2.33. The Balaban J connectivity index is 1.11. The summed E-state index contributed by atoms with van der Waals surface area (Å²) in [5.41, 5.74) is 13.0. The Morgan fingerprint density at radius 3 is 2.45 bits per heavy atom. The van der Waals surface area contributed by atoms with Crippen molar-refractivity contribution in [3.8, 4) is 17.0 Å². The highest BCUT2D eigenvalue weighted by molar-refractivity contribution is 5.95. The number of likely N-dealkylation sites (tertiary alicyclic amines) is 2. The Bertz CT molecular complexity index is 2230. The van der Waals surface area contributed by atoms with Crippen LogP contribution in [0.15, 0.2) is 58.8 Å². The van der Waals surface area contributed by atoms with Crippen LogP contribution in [0.2, 0.25) is 0 Å². The number of fused-ring (bicyclic) bond motifs is 6. The molecule has 4 aliphatic rings. The van der Waals surface area contributed by atoms with Gasteiger partial charge in [-0.2, -0.15) is 0 Å². The van der Waals surface area contributed by atoms with Gasteiger partial charge in [0.05, 0.1) is 36.6 Å². The number of nitrogens with one attached hydrogen (secondary N) is 1. The maximum absolute atomic E-state index is 16.6. The number of halogens is 3. The number of ether oxygens (including phenoxy) is 1. The second-order valence-electron chi connectivity index (χ2n) is 17.9. The van der Waals surface area contributed by atoms with E-state index in [1.807, 2.05) is 61.0 Å². The molecule has 60 heavy (non-hydrogen) atoms. The zero-order valence-electron chi connectivity index (χ0n) is 36.3. The van der Waals surface area contributed by atoms with Crippen molar-refractivity contribution in [1.29, 1.82) is 0 Å². The maximum Gasteiger partial charge on any atom is 0.267 e. The molecule has 1 aromatic heterocycles. The van der Waals surface area contributed by atoms with Gasteiger partial charge < -0.3 is 25.0 Å². The quantitative estimate of drug-likeness (QED) is 0.105. The summed E-state index contributed by atoms with van der Waals surface area (Å²) in [6, 6.07) is 10.8. The molecule has 3 fully saturated rings. The van der Waals surface area contributed by atoms with E-state index in [-0.39, 0.29) is 37.3 Å². The smallest absolute Gasteiger partial charge is 0.267 e. The molecule has 13 heteroatoms. The molecular weight excluding hydrogens is 768 g/mol. The van der Waals surface area contributed by atoms with Crippen molar-refractivity contribution in [3.05, 3.63) is 65.7 Å². The number of aliphatic hydroxyl groups is 1. The van der Waals surface area contributed by atoms with Gasteiger partial charge in [-0.15, -0.1) is 0 Å². The van der Waals surface area contributed by atoms with Crippen molar-refractivity contribution in [3.63, 3.8) is 0 Å². The fourth-order valence-electron chi connectivity index (χ4n) is 9.32. The lowest BCUT2D eigenvalue weighted by Crippen LogP contribution is -2.50. The number of benzene rings is 2. The van der Waals surface area contributed by atoms with E-state index in [1.165, 1.54) is 17.0 Å². The fraction of sp³-hybridized carbons (Fsp3) is 0.553. The second kappa shape index (κ2) is 17.6. The average molecular weight is 830 g/mol. The molecule has 2 aromatic carbocycles. The minimum absolute atomic E-state index is 0.0302. The summed E-state index contributed by atoms with van der Waals surface area (Å²) in [5, 5.41) is 13.3. The molecule has 4 N–H and O–H groups in total. The molecule has 0 radical (unpaired) electrons. The minimum Gasteiger partial charge on any atom is -0.472 e. The number of carbonyl (C=O) groups excluding carboxylic acids is 1. The molecule has 1 aliphatic carbocycles. The lowest BCUT2D eigenvalue weighted by atomic mass is 10.00. The number of rotatable bonds is 15. The van der Waals surface area contributed by atoms with Gasteiger partial charge in [0.15, 0.2) is 12.5 Å². The molecule has 10 nitrogen and oxygen atoms in total. The predicted molar refractivity (Wildman–Crippen MR) is 234 cm³/mol. The van der Waals surface area contributed by atoms with Crippen molar-refractivity contribution >= 4 is 39.4 Å². The van der Waals surface area contributed by atoms with Crippen molar-refractivity contribution in [2.45, 2.75) is 130 Å². The standard InChI is InChI=1S/C47H62F3N7O3/c1-9-30(21-52-29(8)41-19-47(49,50)23-56(41)46(59)44(51)27(5)6)32-12-14-38-35(15-32)43(48)45-34-13-11-31(18-42(34)60-25-57(38)45)28(7)20-53-36(10-2)40-17-33-16-39(33)55(40)22-37(26(3)4)54-24-58/h11-15,18,20-21,26-27,33,37,39-41,44,54,58H,9-10,16-17,19,22-25,51H2,1-8H3/b28-20+,30-21+,52-29+,53-36+/t33-,37?,39-,40+,41+,44+/m1/s1. The van der Waals surface area contributed by atoms with Gasteiger partial charge in [-0.1, -0.05) is 53.7 Å². The van der Waals surface area contributed by atoms with Crippen molar-refractivity contribution in [2.75, 3.05) is 19.8 Å². The highest BCUT2D eigenvalue weighted by Crippen LogP contribution is 2.49. The van der Waals surface area contributed by atoms with Crippen LogP contribution < -0.4 is 15.8 Å². The minimum atomic E-state index is -3.04. The van der Waals surface area contributed by atoms with E-state index in [9.17, 15) is 18.7 Å². The van der Waals surface area contributed by atoms with Gasteiger partial charge in [0.1, 0.15) is 5.75 Å². The number of hydrogen-bond acceptors (Lipinski definition) is 8. The van der Waals surface area contributed by atoms with Crippen LogP contribution in [0.5, 0.6) is 5.75 Å². The molecule has 1 amide bonds. The first-order valence-corrected chi connectivity index (χ1v) is 21.7. The van der Waals surface area contributed by atoms with E-state index >= 15 is 4.39 Å². The molecule has 0 bridgehead atoms. The van der Waals surface area contributed by atoms with Gasteiger partial charge in [-0.3, -0.25) is 25.0 Å². The number of amides is 1. The van der Waals surface area contributed by atoms with E-state index in [4.69, 9.17) is 15.5 Å². The summed E-state index contributed by atoms with van der Waals surface area (Å²) in [6.07, 6.45) is 6.84. The van der Waals surface area contributed by atoms with E-state index in [1.54, 1.807) is 27.0 Å². The number of aliphatic imine (C=N–C) groups is 2. The maximum atomic E-state index is 16.6. The first-order chi connectivity index (χ1) is 28.6. The van der Waals surface area contributed by atoms with Gasteiger partial charge in [0, 0.05) is 65.9 Å². The highest BCUT2D eigenvalue weighted by Gasteiger charge is 2.53. The number of aromatic nitrogens is 1. The summed E-state index contributed by atoms with van der Waals surface area (Å²) in [7, 11) is 0. The van der Waals surface area contributed by atoms with E-state index in [0.29, 0.717) is 52.0 Å². The van der Waals surface area contributed by atoms with Crippen molar-refractivity contribution in [2.24, 2.45) is 33.5 Å². The molecule has 3 aromatic rings. The van der Waals surface area contributed by atoms with E-state index < -0.39 is 36.9 Å². The summed E-state index contributed by atoms with van der Waals surface area (Å²) >= 11 is 0. The first kappa shape index (κ1) is 43.8. The second-order valence-corrected chi connectivity index (χ2v) is 17.9. The molecule has 1 unspecified atom stereocenters. The van der Waals surface area contributed by atoms with Gasteiger partial charge >= 0.3 is 0 Å². The summed E-state index contributed by atoms with van der Waals surface area (Å²) in [5.74, 6) is -2.36. The topological polar surface area (TPSA) is 121 Å². The third-order valence-electron chi connectivity index (χ3n) is 13.2. The van der Waals surface area contributed by atoms with Crippen LogP contribution in [0.1, 0.15) is 98.6 Å². The van der Waals surface area contributed by atoms with Gasteiger partial charge in [0.25, 0.3) is 5.92 Å². The van der Waals surface area contributed by atoms with Gasteiger partial charge in [-0.25, -0.2) is 13.2 Å².